The van der Waals surface area contributed by atoms with Gasteiger partial charge in [0, 0.05) is 23.2 Å². The van der Waals surface area contributed by atoms with Crippen molar-refractivity contribution in [3.05, 3.63) is 65.2 Å². The van der Waals surface area contributed by atoms with E-state index in [0.717, 1.165) is 11.1 Å². The third-order valence-electron chi connectivity index (χ3n) is 4.23. The summed E-state index contributed by atoms with van der Waals surface area (Å²) >= 11 is 7.20. The van der Waals surface area contributed by atoms with Gasteiger partial charge in [0.05, 0.1) is 5.75 Å². The van der Waals surface area contributed by atoms with E-state index in [4.69, 9.17) is 17.4 Å². The van der Waals surface area contributed by atoms with Crippen molar-refractivity contribution in [3.8, 4) is 11.4 Å². The van der Waals surface area contributed by atoms with Crippen LogP contribution in [0.1, 0.15) is 19.4 Å². The maximum Gasteiger partial charge on any atom is 0.233 e. The molecule has 0 unspecified atom stereocenters. The SMILES string of the molecule is CC(C)N(Cc1ccccc1)C(=O)CSc1nnc(-c2ccc(Cl)cc2)n1N. The molecule has 2 aromatic carbocycles. The van der Waals surface area contributed by atoms with Crippen molar-refractivity contribution in [3.63, 3.8) is 0 Å². The van der Waals surface area contributed by atoms with Gasteiger partial charge in [-0.15, -0.1) is 10.2 Å². The summed E-state index contributed by atoms with van der Waals surface area (Å²) in [4.78, 5) is 14.6. The first kappa shape index (κ1) is 20.2. The van der Waals surface area contributed by atoms with Gasteiger partial charge in [-0.3, -0.25) is 4.79 Å². The minimum atomic E-state index is 0.0277. The first-order valence-electron chi connectivity index (χ1n) is 8.88. The molecule has 0 fully saturated rings. The number of nitrogen functional groups attached to an aromatic ring is 1. The zero-order chi connectivity index (χ0) is 20.1. The smallest absolute Gasteiger partial charge is 0.233 e. The maximum absolute atomic E-state index is 12.8. The highest BCUT2D eigenvalue weighted by molar-refractivity contribution is 7.99. The number of aromatic nitrogens is 3. The number of hydrogen-bond donors (Lipinski definition) is 1. The minimum absolute atomic E-state index is 0.0277. The molecule has 8 heteroatoms. The molecule has 0 spiro atoms. The number of rotatable bonds is 7. The number of hydrogen-bond acceptors (Lipinski definition) is 5. The van der Waals surface area contributed by atoms with Gasteiger partial charge in [-0.05, 0) is 43.7 Å². The molecule has 28 heavy (non-hydrogen) atoms. The molecule has 3 rings (SSSR count). The second-order valence-corrected chi connectivity index (χ2v) is 7.95. The molecule has 1 heterocycles. The van der Waals surface area contributed by atoms with Crippen LogP contribution in [-0.2, 0) is 11.3 Å². The van der Waals surface area contributed by atoms with Crippen molar-refractivity contribution < 1.29 is 4.79 Å². The molecule has 0 aliphatic rings. The molecule has 1 amide bonds. The fourth-order valence-electron chi connectivity index (χ4n) is 2.72. The highest BCUT2D eigenvalue weighted by Gasteiger charge is 2.20. The van der Waals surface area contributed by atoms with Crippen LogP contribution in [0.2, 0.25) is 5.02 Å². The molecule has 0 atom stereocenters. The minimum Gasteiger partial charge on any atom is -0.335 e. The summed E-state index contributed by atoms with van der Waals surface area (Å²) in [5, 5.41) is 9.39. The Kier molecular flexibility index (Phi) is 6.59. The third kappa shape index (κ3) is 4.85. The van der Waals surface area contributed by atoms with Crippen molar-refractivity contribution in [2.45, 2.75) is 31.6 Å². The molecular weight excluding hydrogens is 394 g/mol. The number of thioether (sulfide) groups is 1. The van der Waals surface area contributed by atoms with E-state index in [9.17, 15) is 4.79 Å². The lowest BCUT2D eigenvalue weighted by Crippen LogP contribution is -2.37. The van der Waals surface area contributed by atoms with Gasteiger partial charge in [-0.25, -0.2) is 4.68 Å². The molecule has 0 saturated heterocycles. The summed E-state index contributed by atoms with van der Waals surface area (Å²) in [5.41, 5.74) is 1.91. The number of nitrogens with zero attached hydrogens (tertiary/aromatic N) is 4. The fourth-order valence-corrected chi connectivity index (χ4v) is 3.59. The van der Waals surface area contributed by atoms with Crippen LogP contribution in [0.4, 0.5) is 0 Å². The van der Waals surface area contributed by atoms with E-state index in [2.05, 4.69) is 10.2 Å². The summed E-state index contributed by atoms with van der Waals surface area (Å²) < 4.78 is 1.40. The van der Waals surface area contributed by atoms with Crippen molar-refractivity contribution in [2.24, 2.45) is 0 Å². The van der Waals surface area contributed by atoms with Crippen LogP contribution in [0.25, 0.3) is 11.4 Å². The molecule has 3 aromatic rings. The van der Waals surface area contributed by atoms with Crippen molar-refractivity contribution >= 4 is 29.3 Å². The molecule has 6 nitrogen and oxygen atoms in total. The first-order chi connectivity index (χ1) is 13.5. The van der Waals surface area contributed by atoms with Crippen molar-refractivity contribution in [1.29, 1.82) is 0 Å². The van der Waals surface area contributed by atoms with Crippen LogP contribution in [0.15, 0.2) is 59.8 Å². The lowest BCUT2D eigenvalue weighted by molar-refractivity contribution is -0.130. The number of benzene rings is 2. The first-order valence-corrected chi connectivity index (χ1v) is 10.2. The zero-order valence-electron chi connectivity index (χ0n) is 15.7. The Morgan fingerprint density at radius 1 is 1.14 bits per heavy atom. The fraction of sp³-hybridized carbons (Fsp3) is 0.250. The molecule has 0 aliphatic heterocycles. The largest absolute Gasteiger partial charge is 0.335 e. The second-order valence-electron chi connectivity index (χ2n) is 6.57. The lowest BCUT2D eigenvalue weighted by atomic mass is 10.2. The van der Waals surface area contributed by atoms with Gasteiger partial charge in [0.25, 0.3) is 0 Å². The predicted molar refractivity (Wildman–Crippen MR) is 113 cm³/mol. The quantitative estimate of drug-likeness (QED) is 0.468. The van der Waals surface area contributed by atoms with Gasteiger partial charge in [-0.2, -0.15) is 0 Å². The Labute approximate surface area is 173 Å². The van der Waals surface area contributed by atoms with E-state index >= 15 is 0 Å². The summed E-state index contributed by atoms with van der Waals surface area (Å²) in [5.74, 6) is 6.92. The lowest BCUT2D eigenvalue weighted by Gasteiger charge is -2.26. The number of carbonyl (C=O) groups excluding carboxylic acids is 1. The number of carbonyl (C=O) groups is 1. The van der Waals surface area contributed by atoms with Gasteiger partial charge in [-0.1, -0.05) is 53.7 Å². The van der Waals surface area contributed by atoms with Crippen LogP contribution in [0.3, 0.4) is 0 Å². The molecule has 0 bridgehead atoms. The summed E-state index contributed by atoms with van der Waals surface area (Å²) in [6.45, 7) is 4.59. The van der Waals surface area contributed by atoms with Crippen LogP contribution in [0.5, 0.6) is 0 Å². The maximum atomic E-state index is 12.8. The number of amides is 1. The molecule has 0 saturated carbocycles. The Hall–Kier alpha value is -2.51. The molecule has 0 radical (unpaired) electrons. The second kappa shape index (κ2) is 9.12. The van der Waals surface area contributed by atoms with Gasteiger partial charge >= 0.3 is 0 Å². The van der Waals surface area contributed by atoms with Crippen LogP contribution >= 0.6 is 23.4 Å². The van der Waals surface area contributed by atoms with Gasteiger partial charge in [0.1, 0.15) is 0 Å². The Balaban J connectivity index is 1.67. The summed E-state index contributed by atoms with van der Waals surface area (Å²) in [6, 6.07) is 17.2. The zero-order valence-corrected chi connectivity index (χ0v) is 17.3. The van der Waals surface area contributed by atoms with Crippen LogP contribution < -0.4 is 5.84 Å². The van der Waals surface area contributed by atoms with E-state index < -0.39 is 0 Å². The van der Waals surface area contributed by atoms with Crippen LogP contribution in [-0.4, -0.2) is 37.5 Å². The molecule has 0 aliphatic carbocycles. The average Bonchev–Trinajstić information content (AvgIpc) is 3.06. The molecule has 146 valence electrons. The Bertz CT molecular complexity index is 928. The monoisotopic (exact) mass is 415 g/mol. The van der Waals surface area contributed by atoms with E-state index in [1.54, 1.807) is 12.1 Å². The Morgan fingerprint density at radius 2 is 1.82 bits per heavy atom. The van der Waals surface area contributed by atoms with E-state index in [-0.39, 0.29) is 17.7 Å². The van der Waals surface area contributed by atoms with E-state index in [0.29, 0.717) is 22.5 Å². The van der Waals surface area contributed by atoms with Crippen molar-refractivity contribution in [2.75, 3.05) is 11.6 Å². The predicted octanol–water partition coefficient (Wildman–Crippen LogP) is 3.84. The number of nitrogens with two attached hydrogens (primary N) is 1. The third-order valence-corrected chi connectivity index (χ3v) is 5.41. The average molecular weight is 416 g/mol. The highest BCUT2D eigenvalue weighted by atomic mass is 35.5. The van der Waals surface area contributed by atoms with E-state index in [1.165, 1.54) is 16.4 Å². The van der Waals surface area contributed by atoms with Gasteiger partial charge < -0.3 is 10.7 Å². The summed E-state index contributed by atoms with van der Waals surface area (Å²) in [6.07, 6.45) is 0. The highest BCUT2D eigenvalue weighted by Crippen LogP contribution is 2.23. The Morgan fingerprint density at radius 3 is 2.46 bits per heavy atom. The van der Waals surface area contributed by atoms with Gasteiger partial charge in [0.2, 0.25) is 11.1 Å². The molecular formula is C20H22ClN5OS. The van der Waals surface area contributed by atoms with Crippen LogP contribution in [0, 0.1) is 0 Å². The van der Waals surface area contributed by atoms with Gasteiger partial charge in [0.15, 0.2) is 5.82 Å². The number of halogens is 1. The standard InChI is InChI=1S/C20H22ClN5OS/c1-14(2)25(12-15-6-4-3-5-7-15)18(27)13-28-20-24-23-19(26(20)22)16-8-10-17(21)11-9-16/h3-11,14H,12-13,22H2,1-2H3. The molecule has 1 aromatic heterocycles. The molecule has 2 N–H and O–H groups in total. The van der Waals surface area contributed by atoms with Crippen molar-refractivity contribution in [1.82, 2.24) is 19.8 Å². The topological polar surface area (TPSA) is 77.0 Å². The normalized spacial score (nSPS) is 11.0. The summed E-state index contributed by atoms with van der Waals surface area (Å²) in [7, 11) is 0. The van der Waals surface area contributed by atoms with E-state index in [1.807, 2.05) is 61.2 Å².